The Morgan fingerprint density at radius 3 is 3.00 bits per heavy atom. The summed E-state index contributed by atoms with van der Waals surface area (Å²) in [5, 5.41) is 3.58. The third-order valence-electron chi connectivity index (χ3n) is 4.65. The van der Waals surface area contributed by atoms with E-state index in [1.807, 2.05) is 6.07 Å². The van der Waals surface area contributed by atoms with Gasteiger partial charge in [0.1, 0.15) is 5.60 Å². The maximum Gasteiger partial charge on any atom is 0.165 e. The molecule has 19 heavy (non-hydrogen) atoms. The zero-order valence-electron chi connectivity index (χ0n) is 12.0. The summed E-state index contributed by atoms with van der Waals surface area (Å²) in [7, 11) is 1.72. The lowest BCUT2D eigenvalue weighted by molar-refractivity contribution is -0.0116. The van der Waals surface area contributed by atoms with Crippen molar-refractivity contribution in [2.45, 2.75) is 50.7 Å². The molecule has 3 nitrogen and oxygen atoms in total. The standard InChI is InChI=1S/C16H23NO2/c1-4-17-14-9-8-11-10-16(14,2)19-15-12(11)6-5-7-13(15)18-3/h5-7,11,14,17H,4,8-10H2,1-3H3. The minimum atomic E-state index is -0.111. The van der Waals surface area contributed by atoms with Gasteiger partial charge in [-0.3, -0.25) is 0 Å². The van der Waals surface area contributed by atoms with E-state index >= 15 is 0 Å². The minimum absolute atomic E-state index is 0.111. The topological polar surface area (TPSA) is 30.5 Å². The van der Waals surface area contributed by atoms with Crippen LogP contribution in [0.25, 0.3) is 0 Å². The van der Waals surface area contributed by atoms with E-state index in [-0.39, 0.29) is 5.60 Å². The highest BCUT2D eigenvalue weighted by molar-refractivity contribution is 5.50. The molecule has 3 rings (SSSR count). The van der Waals surface area contributed by atoms with Crippen LogP contribution < -0.4 is 14.8 Å². The van der Waals surface area contributed by atoms with Gasteiger partial charge in [0.15, 0.2) is 11.5 Å². The smallest absolute Gasteiger partial charge is 0.165 e. The van der Waals surface area contributed by atoms with Gasteiger partial charge >= 0.3 is 0 Å². The van der Waals surface area contributed by atoms with E-state index in [2.05, 4.69) is 31.3 Å². The molecule has 1 aliphatic heterocycles. The van der Waals surface area contributed by atoms with Crippen LogP contribution in [0.4, 0.5) is 0 Å². The Morgan fingerprint density at radius 1 is 1.42 bits per heavy atom. The highest BCUT2D eigenvalue weighted by Gasteiger charge is 2.47. The van der Waals surface area contributed by atoms with Crippen LogP contribution in [0.5, 0.6) is 11.5 Å². The summed E-state index contributed by atoms with van der Waals surface area (Å²) in [6.45, 7) is 5.39. The third kappa shape index (κ3) is 2.00. The average Bonchev–Trinajstić information content (AvgIpc) is 2.41. The molecule has 0 spiro atoms. The molecule has 3 atom stereocenters. The number of hydrogen-bond acceptors (Lipinski definition) is 3. The highest BCUT2D eigenvalue weighted by Crippen LogP contribution is 2.51. The number of para-hydroxylation sites is 1. The third-order valence-corrected chi connectivity index (χ3v) is 4.65. The fourth-order valence-electron chi connectivity index (χ4n) is 3.71. The van der Waals surface area contributed by atoms with E-state index in [1.54, 1.807) is 7.11 Å². The number of rotatable bonds is 3. The van der Waals surface area contributed by atoms with Gasteiger partial charge in [-0.25, -0.2) is 0 Å². The molecule has 0 radical (unpaired) electrons. The Bertz CT molecular complexity index is 474. The summed E-state index contributed by atoms with van der Waals surface area (Å²) in [4.78, 5) is 0. The van der Waals surface area contributed by atoms with Crippen LogP contribution >= 0.6 is 0 Å². The largest absolute Gasteiger partial charge is 0.493 e. The summed E-state index contributed by atoms with van der Waals surface area (Å²) in [6, 6.07) is 6.69. The van der Waals surface area contributed by atoms with Gasteiger partial charge in [-0.05, 0) is 44.7 Å². The van der Waals surface area contributed by atoms with Gasteiger partial charge in [-0.1, -0.05) is 19.1 Å². The van der Waals surface area contributed by atoms with Crippen molar-refractivity contribution in [3.63, 3.8) is 0 Å². The summed E-state index contributed by atoms with van der Waals surface area (Å²) in [5.74, 6) is 2.44. The molecule has 0 saturated heterocycles. The summed E-state index contributed by atoms with van der Waals surface area (Å²) in [6.07, 6.45) is 3.52. The molecule has 1 saturated carbocycles. The van der Waals surface area contributed by atoms with E-state index in [9.17, 15) is 0 Å². The minimum Gasteiger partial charge on any atom is -0.493 e. The second-order valence-corrected chi connectivity index (χ2v) is 5.88. The van der Waals surface area contributed by atoms with Gasteiger partial charge < -0.3 is 14.8 Å². The Balaban J connectivity index is 2.00. The SMILES string of the molecule is CCNC1CCC2CC1(C)Oc1c(OC)cccc12. The first-order valence-electron chi connectivity index (χ1n) is 7.27. The molecule has 3 heteroatoms. The molecule has 0 amide bonds. The fraction of sp³-hybridized carbons (Fsp3) is 0.625. The van der Waals surface area contributed by atoms with Crippen LogP contribution in [0, 0.1) is 0 Å². The lowest BCUT2D eigenvalue weighted by atomic mass is 9.71. The van der Waals surface area contributed by atoms with Crippen molar-refractivity contribution in [3.8, 4) is 11.5 Å². The van der Waals surface area contributed by atoms with Crippen LogP contribution in [0.2, 0.25) is 0 Å². The average molecular weight is 261 g/mol. The van der Waals surface area contributed by atoms with Gasteiger partial charge in [-0.15, -0.1) is 0 Å². The predicted octanol–water partition coefficient (Wildman–Crippen LogP) is 3.09. The van der Waals surface area contributed by atoms with Gasteiger partial charge in [0.05, 0.1) is 7.11 Å². The van der Waals surface area contributed by atoms with Crippen molar-refractivity contribution in [2.75, 3.05) is 13.7 Å². The van der Waals surface area contributed by atoms with Crippen molar-refractivity contribution in [2.24, 2.45) is 0 Å². The quantitative estimate of drug-likeness (QED) is 0.907. The van der Waals surface area contributed by atoms with Crippen LogP contribution in [0.3, 0.4) is 0 Å². The molecule has 1 aliphatic carbocycles. The maximum atomic E-state index is 6.39. The Hall–Kier alpha value is -1.22. The van der Waals surface area contributed by atoms with Crippen molar-refractivity contribution < 1.29 is 9.47 Å². The van der Waals surface area contributed by atoms with E-state index in [0.29, 0.717) is 12.0 Å². The van der Waals surface area contributed by atoms with Gasteiger partial charge in [0, 0.05) is 11.6 Å². The normalized spacial score (nSPS) is 32.4. The first kappa shape index (κ1) is 12.8. The molecule has 0 aromatic heterocycles. The molecular weight excluding hydrogens is 238 g/mol. The van der Waals surface area contributed by atoms with Gasteiger partial charge in [0.2, 0.25) is 0 Å². The molecular formula is C16H23NO2. The number of likely N-dealkylation sites (N-methyl/N-ethyl adjacent to an activating group) is 1. The lowest BCUT2D eigenvalue weighted by Crippen LogP contribution is -2.57. The van der Waals surface area contributed by atoms with Gasteiger partial charge in [-0.2, -0.15) is 0 Å². The van der Waals surface area contributed by atoms with Crippen molar-refractivity contribution in [1.82, 2.24) is 5.32 Å². The number of hydrogen-bond donors (Lipinski definition) is 1. The predicted molar refractivity (Wildman–Crippen MR) is 76.1 cm³/mol. The number of fused-ring (bicyclic) bond motifs is 4. The molecule has 1 N–H and O–H groups in total. The molecule has 104 valence electrons. The zero-order valence-corrected chi connectivity index (χ0v) is 12.0. The Kier molecular flexibility index (Phi) is 3.17. The summed E-state index contributed by atoms with van der Waals surface area (Å²) < 4.78 is 11.9. The van der Waals surface area contributed by atoms with Gasteiger partial charge in [0.25, 0.3) is 0 Å². The maximum absolute atomic E-state index is 6.39. The Morgan fingerprint density at radius 2 is 2.26 bits per heavy atom. The molecule has 3 unspecified atom stereocenters. The number of benzene rings is 1. The lowest BCUT2D eigenvalue weighted by Gasteiger charge is -2.49. The molecule has 1 aromatic rings. The first-order chi connectivity index (χ1) is 9.18. The fourth-order valence-corrected chi connectivity index (χ4v) is 3.71. The first-order valence-corrected chi connectivity index (χ1v) is 7.27. The van der Waals surface area contributed by atoms with Crippen LogP contribution in [0.1, 0.15) is 44.6 Å². The van der Waals surface area contributed by atoms with E-state index in [4.69, 9.17) is 9.47 Å². The molecule has 1 heterocycles. The zero-order chi connectivity index (χ0) is 13.5. The molecule has 1 fully saturated rings. The molecule has 2 aliphatic rings. The second-order valence-electron chi connectivity index (χ2n) is 5.88. The van der Waals surface area contributed by atoms with E-state index in [0.717, 1.165) is 24.5 Å². The van der Waals surface area contributed by atoms with Crippen LogP contribution in [-0.2, 0) is 0 Å². The summed E-state index contributed by atoms with van der Waals surface area (Å²) >= 11 is 0. The Labute approximate surface area is 115 Å². The van der Waals surface area contributed by atoms with Crippen molar-refractivity contribution >= 4 is 0 Å². The van der Waals surface area contributed by atoms with Crippen molar-refractivity contribution in [3.05, 3.63) is 23.8 Å². The second kappa shape index (κ2) is 4.71. The monoisotopic (exact) mass is 261 g/mol. The molecule has 1 aromatic carbocycles. The molecule has 2 bridgehead atoms. The summed E-state index contributed by atoms with van der Waals surface area (Å²) in [5.41, 5.74) is 1.22. The number of methoxy groups -OCH3 is 1. The van der Waals surface area contributed by atoms with Crippen LogP contribution in [0.15, 0.2) is 18.2 Å². The van der Waals surface area contributed by atoms with E-state index in [1.165, 1.54) is 18.4 Å². The van der Waals surface area contributed by atoms with E-state index < -0.39 is 0 Å². The number of ether oxygens (including phenoxy) is 2. The van der Waals surface area contributed by atoms with Crippen molar-refractivity contribution in [1.29, 1.82) is 0 Å². The number of nitrogens with one attached hydrogen (secondary N) is 1. The highest BCUT2D eigenvalue weighted by atomic mass is 16.5. The van der Waals surface area contributed by atoms with Crippen LogP contribution in [-0.4, -0.2) is 25.3 Å².